The summed E-state index contributed by atoms with van der Waals surface area (Å²) in [6.45, 7) is 2.11. The molecule has 0 bridgehead atoms. The van der Waals surface area contributed by atoms with E-state index in [2.05, 4.69) is 16.9 Å². The Bertz CT molecular complexity index is 736. The number of aromatic nitrogens is 2. The second-order valence-corrected chi connectivity index (χ2v) is 5.28. The van der Waals surface area contributed by atoms with Gasteiger partial charge in [0.25, 0.3) is 0 Å². The van der Waals surface area contributed by atoms with Gasteiger partial charge in [0.15, 0.2) is 5.82 Å². The largest absolute Gasteiger partial charge is 0.382 e. The highest BCUT2D eigenvalue weighted by Gasteiger charge is 2.12. The molecule has 3 rings (SSSR count). The molecule has 0 spiro atoms. The number of nitrogens with two attached hydrogens (primary N) is 1. The normalized spacial score (nSPS) is 11.4. The van der Waals surface area contributed by atoms with Crippen molar-refractivity contribution < 1.29 is 4.39 Å². The third-order valence-corrected chi connectivity index (χ3v) is 3.97. The highest BCUT2D eigenvalue weighted by molar-refractivity contribution is 7.19. The van der Waals surface area contributed by atoms with Crippen LogP contribution in [0.25, 0.3) is 21.1 Å². The van der Waals surface area contributed by atoms with Crippen LogP contribution in [-0.4, -0.2) is 9.97 Å². The first-order chi connectivity index (χ1) is 8.69. The monoisotopic (exact) mass is 261 g/mol. The number of benzene rings is 1. The van der Waals surface area contributed by atoms with Gasteiger partial charge in [0.05, 0.1) is 15.2 Å². The predicted molar refractivity (Wildman–Crippen MR) is 73.3 cm³/mol. The summed E-state index contributed by atoms with van der Waals surface area (Å²) in [4.78, 5) is 8.73. The zero-order valence-electron chi connectivity index (χ0n) is 9.90. The number of thiazole rings is 1. The molecule has 0 amide bonds. The van der Waals surface area contributed by atoms with Gasteiger partial charge in [-0.2, -0.15) is 0 Å². The van der Waals surface area contributed by atoms with Crippen LogP contribution in [0.5, 0.6) is 0 Å². The Labute approximate surface area is 107 Å². The number of fused-ring (bicyclic) bond motifs is 3. The van der Waals surface area contributed by atoms with Gasteiger partial charge in [-0.05, 0) is 25.0 Å². The Morgan fingerprint density at radius 2 is 2.17 bits per heavy atom. The third-order valence-electron chi connectivity index (χ3n) is 2.82. The quantitative estimate of drug-likeness (QED) is 0.768. The van der Waals surface area contributed by atoms with E-state index in [0.717, 1.165) is 33.5 Å². The first kappa shape index (κ1) is 11.3. The number of rotatable bonds is 2. The van der Waals surface area contributed by atoms with Gasteiger partial charge in [0.1, 0.15) is 11.3 Å². The molecule has 5 heteroatoms. The van der Waals surface area contributed by atoms with Crippen molar-refractivity contribution in [2.45, 2.75) is 19.8 Å². The van der Waals surface area contributed by atoms with Gasteiger partial charge in [-0.25, -0.2) is 14.4 Å². The van der Waals surface area contributed by atoms with Crippen LogP contribution in [-0.2, 0) is 6.42 Å². The van der Waals surface area contributed by atoms with Crippen LogP contribution in [0.3, 0.4) is 0 Å². The first-order valence-electron chi connectivity index (χ1n) is 5.83. The van der Waals surface area contributed by atoms with E-state index in [1.807, 2.05) is 0 Å². The van der Waals surface area contributed by atoms with Crippen LogP contribution in [0.2, 0.25) is 0 Å². The van der Waals surface area contributed by atoms with E-state index in [4.69, 9.17) is 5.73 Å². The highest BCUT2D eigenvalue weighted by Crippen LogP contribution is 2.33. The van der Waals surface area contributed by atoms with Gasteiger partial charge >= 0.3 is 0 Å². The fourth-order valence-electron chi connectivity index (χ4n) is 2.01. The van der Waals surface area contributed by atoms with Crippen LogP contribution < -0.4 is 5.73 Å². The molecule has 2 heterocycles. The van der Waals surface area contributed by atoms with Crippen molar-refractivity contribution in [3.05, 3.63) is 29.0 Å². The number of halogens is 1. The second-order valence-electron chi connectivity index (χ2n) is 4.19. The number of nitrogens with zero attached hydrogens (tertiary/aromatic N) is 2. The summed E-state index contributed by atoms with van der Waals surface area (Å²) in [5, 5.41) is 1.97. The molecule has 0 radical (unpaired) electrons. The molecule has 2 N–H and O–H groups in total. The van der Waals surface area contributed by atoms with E-state index in [0.29, 0.717) is 11.3 Å². The number of nitrogen functional groups attached to an aromatic ring is 1. The molecular formula is C13H12FN3S. The van der Waals surface area contributed by atoms with Crippen LogP contribution in [0, 0.1) is 5.82 Å². The maximum absolute atomic E-state index is 13.2. The van der Waals surface area contributed by atoms with E-state index < -0.39 is 0 Å². The van der Waals surface area contributed by atoms with Gasteiger partial charge < -0.3 is 5.73 Å². The van der Waals surface area contributed by atoms with Gasteiger partial charge in [0, 0.05) is 11.5 Å². The molecule has 18 heavy (non-hydrogen) atoms. The van der Waals surface area contributed by atoms with Crippen LogP contribution in [0.15, 0.2) is 18.2 Å². The van der Waals surface area contributed by atoms with Gasteiger partial charge in [-0.15, -0.1) is 11.3 Å². The van der Waals surface area contributed by atoms with Crippen molar-refractivity contribution in [1.82, 2.24) is 9.97 Å². The molecule has 0 aliphatic carbocycles. The average molecular weight is 261 g/mol. The summed E-state index contributed by atoms with van der Waals surface area (Å²) in [5.74, 6) is 0.0775. The van der Waals surface area contributed by atoms with Gasteiger partial charge in [0.2, 0.25) is 0 Å². The molecule has 3 aromatic rings. The Morgan fingerprint density at radius 3 is 2.94 bits per heavy atom. The van der Waals surface area contributed by atoms with E-state index in [1.165, 1.54) is 12.1 Å². The molecule has 2 aromatic heterocycles. The Kier molecular flexibility index (Phi) is 2.63. The standard InChI is InChI=1S/C13H12FN3S/c1-2-3-10-17-11-12(18-10)8-5-4-7(14)6-9(8)16-13(11)15/h4-6H,2-3H2,1H3,(H2,15,16). The maximum Gasteiger partial charge on any atom is 0.151 e. The van der Waals surface area contributed by atoms with Crippen LogP contribution in [0.1, 0.15) is 18.4 Å². The lowest BCUT2D eigenvalue weighted by molar-refractivity contribution is 0.629. The SMILES string of the molecule is CCCc1nc2c(N)nc3cc(F)ccc3c2s1. The number of aryl methyl sites for hydroxylation is 1. The highest BCUT2D eigenvalue weighted by atomic mass is 32.1. The van der Waals surface area contributed by atoms with Crippen LogP contribution >= 0.6 is 11.3 Å². The molecule has 0 atom stereocenters. The molecule has 0 aliphatic rings. The molecule has 0 saturated heterocycles. The Balaban J connectivity index is 2.37. The van der Waals surface area contributed by atoms with Crippen molar-refractivity contribution in [3.8, 4) is 0 Å². The number of anilines is 1. The predicted octanol–water partition coefficient (Wildman–Crippen LogP) is 3.52. The van der Waals surface area contributed by atoms with E-state index in [-0.39, 0.29) is 5.82 Å². The summed E-state index contributed by atoms with van der Waals surface area (Å²) in [6, 6.07) is 4.59. The number of hydrogen-bond donors (Lipinski definition) is 1. The van der Waals surface area contributed by atoms with E-state index in [9.17, 15) is 4.39 Å². The maximum atomic E-state index is 13.2. The summed E-state index contributed by atoms with van der Waals surface area (Å²) >= 11 is 1.62. The van der Waals surface area contributed by atoms with Crippen molar-refractivity contribution in [1.29, 1.82) is 0 Å². The third kappa shape index (κ3) is 1.71. The van der Waals surface area contributed by atoms with Crippen molar-refractivity contribution >= 4 is 38.3 Å². The zero-order chi connectivity index (χ0) is 12.7. The van der Waals surface area contributed by atoms with Crippen molar-refractivity contribution in [3.63, 3.8) is 0 Å². The van der Waals surface area contributed by atoms with Crippen molar-refractivity contribution in [2.75, 3.05) is 5.73 Å². The molecule has 0 aliphatic heterocycles. The molecular weight excluding hydrogens is 249 g/mol. The smallest absolute Gasteiger partial charge is 0.151 e. The molecule has 0 unspecified atom stereocenters. The molecule has 0 saturated carbocycles. The minimum Gasteiger partial charge on any atom is -0.382 e. The molecule has 3 nitrogen and oxygen atoms in total. The lowest BCUT2D eigenvalue weighted by atomic mass is 10.2. The fourth-order valence-corrected chi connectivity index (χ4v) is 3.22. The molecule has 0 fully saturated rings. The summed E-state index contributed by atoms with van der Waals surface area (Å²) in [6.07, 6.45) is 1.97. The summed E-state index contributed by atoms with van der Waals surface area (Å²) in [7, 11) is 0. The topological polar surface area (TPSA) is 51.8 Å². The lowest BCUT2D eigenvalue weighted by Crippen LogP contribution is -1.93. The number of pyridine rings is 1. The summed E-state index contributed by atoms with van der Waals surface area (Å²) in [5.41, 5.74) is 7.22. The Morgan fingerprint density at radius 1 is 1.33 bits per heavy atom. The molecule has 92 valence electrons. The zero-order valence-corrected chi connectivity index (χ0v) is 10.7. The molecule has 1 aromatic carbocycles. The average Bonchev–Trinajstić information content (AvgIpc) is 2.74. The Hall–Kier alpha value is -1.75. The minimum atomic E-state index is -0.299. The second kappa shape index (κ2) is 4.17. The first-order valence-corrected chi connectivity index (χ1v) is 6.65. The van der Waals surface area contributed by atoms with Gasteiger partial charge in [-0.3, -0.25) is 0 Å². The van der Waals surface area contributed by atoms with E-state index in [1.54, 1.807) is 17.4 Å². The van der Waals surface area contributed by atoms with E-state index >= 15 is 0 Å². The van der Waals surface area contributed by atoms with Crippen molar-refractivity contribution in [2.24, 2.45) is 0 Å². The van der Waals surface area contributed by atoms with Crippen LogP contribution in [0.4, 0.5) is 10.2 Å². The van der Waals surface area contributed by atoms with Gasteiger partial charge in [-0.1, -0.05) is 6.92 Å². The number of hydrogen-bond acceptors (Lipinski definition) is 4. The fraction of sp³-hybridized carbons (Fsp3) is 0.231. The lowest BCUT2D eigenvalue weighted by Gasteiger charge is -2.00. The summed E-state index contributed by atoms with van der Waals surface area (Å²) < 4.78 is 14.2. The minimum absolute atomic E-state index is 0.299.